The average Bonchev–Trinajstić information content (AvgIpc) is 3.07. The van der Waals surface area contributed by atoms with Gasteiger partial charge >= 0.3 is 0 Å². The first-order valence-electron chi connectivity index (χ1n) is 15.0. The van der Waals surface area contributed by atoms with Crippen LogP contribution in [0.2, 0.25) is 0 Å². The van der Waals surface area contributed by atoms with Crippen molar-refractivity contribution in [2.45, 2.75) is 103 Å². The van der Waals surface area contributed by atoms with Gasteiger partial charge in [-0.15, -0.1) is 0 Å². The topological polar surface area (TPSA) is 183 Å². The second-order valence-electron chi connectivity index (χ2n) is 10.4. The molecule has 47 heavy (non-hydrogen) atoms. The van der Waals surface area contributed by atoms with Crippen molar-refractivity contribution in [3.63, 3.8) is 0 Å². The summed E-state index contributed by atoms with van der Waals surface area (Å²) in [6.45, 7) is 10.1. The fourth-order valence-corrected chi connectivity index (χ4v) is 4.86. The van der Waals surface area contributed by atoms with Crippen molar-refractivity contribution in [3.8, 4) is 0 Å². The molecule has 0 saturated heterocycles. The average molecular weight is 701 g/mol. The molecule has 0 saturated carbocycles. The summed E-state index contributed by atoms with van der Waals surface area (Å²) in [5.74, 6) is -1.58. The summed E-state index contributed by atoms with van der Waals surface area (Å²) < 4.78 is 69.5. The van der Waals surface area contributed by atoms with Crippen LogP contribution >= 0.6 is 0 Å². The third-order valence-electron chi connectivity index (χ3n) is 7.04. The Morgan fingerprint density at radius 3 is 1.55 bits per heavy atom. The van der Waals surface area contributed by atoms with Crippen LogP contribution in [0.4, 0.5) is 18.9 Å². The Morgan fingerprint density at radius 2 is 1.21 bits per heavy atom. The standard InChI is InChI=1S/C14H19FN2O6S.C8H16FNO2.C8H16FNO/c1-4-14(10(2)13(15)9-16-22-3)23-24(20,21)12-7-5-11(6-8-12)17(18)19;1-4-8(11)6(2)7(9)5-10-12-3;1-4-8(11)6(2)7(9)5-10-3/h5-10,13-14H,4H2,1-3H3;5-8,11H,4H2,1-3H3;5-8,11H,4H2,1-3H3/t10-,13+,14+;6-,7+,8+;6-,7+,8-/m000/s1. The third-order valence-corrected chi connectivity index (χ3v) is 8.39. The predicted molar refractivity (Wildman–Crippen MR) is 176 cm³/mol. The van der Waals surface area contributed by atoms with E-state index < -0.39 is 63.7 Å². The van der Waals surface area contributed by atoms with Gasteiger partial charge in [-0.05, 0) is 31.4 Å². The van der Waals surface area contributed by atoms with Crippen LogP contribution in [-0.4, -0.2) is 100 Å². The minimum absolute atomic E-state index is 0.236. The zero-order chi connectivity index (χ0) is 36.7. The largest absolute Gasteiger partial charge is 0.399 e. The van der Waals surface area contributed by atoms with Crippen molar-refractivity contribution in [3.05, 3.63) is 34.4 Å². The number of nitrogens with zero attached hydrogens (tertiary/aromatic N) is 4. The van der Waals surface area contributed by atoms with Gasteiger partial charge in [0.15, 0.2) is 0 Å². The molecule has 13 nitrogen and oxygen atoms in total. The number of oxime groups is 2. The molecule has 2 N–H and O–H groups in total. The van der Waals surface area contributed by atoms with Crippen molar-refractivity contribution in [1.29, 1.82) is 0 Å². The summed E-state index contributed by atoms with van der Waals surface area (Å²) in [6, 6.07) is 4.27. The molecule has 0 spiro atoms. The van der Waals surface area contributed by atoms with E-state index in [-0.39, 0.29) is 22.9 Å². The molecule has 272 valence electrons. The third kappa shape index (κ3) is 18.1. The van der Waals surface area contributed by atoms with Crippen molar-refractivity contribution in [1.82, 2.24) is 0 Å². The summed E-state index contributed by atoms with van der Waals surface area (Å²) in [5, 5.41) is 35.7. The van der Waals surface area contributed by atoms with E-state index in [1.54, 1.807) is 27.7 Å². The molecular weight excluding hydrogens is 649 g/mol. The molecule has 1 aromatic carbocycles. The van der Waals surface area contributed by atoms with Crippen LogP contribution in [0.25, 0.3) is 0 Å². The Kier molecular flexibility index (Phi) is 24.4. The van der Waals surface area contributed by atoms with E-state index in [2.05, 4.69) is 25.0 Å². The van der Waals surface area contributed by atoms with E-state index >= 15 is 0 Å². The summed E-state index contributed by atoms with van der Waals surface area (Å²) in [4.78, 5) is 22.0. The van der Waals surface area contributed by atoms with Gasteiger partial charge in [0, 0.05) is 43.1 Å². The second kappa shape index (κ2) is 24.9. The molecule has 0 aliphatic rings. The number of hydrogen-bond acceptors (Lipinski definition) is 12. The van der Waals surface area contributed by atoms with E-state index in [4.69, 9.17) is 4.18 Å². The van der Waals surface area contributed by atoms with Gasteiger partial charge in [0.05, 0.1) is 40.6 Å². The highest BCUT2D eigenvalue weighted by Gasteiger charge is 2.30. The number of non-ortho nitro benzene ring substituents is 1. The highest BCUT2D eigenvalue weighted by Crippen LogP contribution is 2.24. The van der Waals surface area contributed by atoms with E-state index in [0.717, 1.165) is 36.7 Å². The maximum atomic E-state index is 14.0. The number of rotatable bonds is 18. The Morgan fingerprint density at radius 1 is 0.809 bits per heavy atom. The summed E-state index contributed by atoms with van der Waals surface area (Å²) >= 11 is 0. The summed E-state index contributed by atoms with van der Waals surface area (Å²) in [6.07, 6.45) is -1.47. The molecule has 0 unspecified atom stereocenters. The molecule has 0 aromatic heterocycles. The lowest BCUT2D eigenvalue weighted by molar-refractivity contribution is -0.384. The maximum Gasteiger partial charge on any atom is 0.297 e. The van der Waals surface area contributed by atoms with Gasteiger partial charge in [0.2, 0.25) is 0 Å². The Hall–Kier alpha value is -3.15. The van der Waals surface area contributed by atoms with Gasteiger partial charge in [0.1, 0.15) is 32.7 Å². The number of hydrogen-bond donors (Lipinski definition) is 2. The molecule has 17 heteroatoms. The first kappa shape index (κ1) is 46.0. The zero-order valence-corrected chi connectivity index (χ0v) is 29.3. The molecular formula is C30H51F3N4O9S. The van der Waals surface area contributed by atoms with Gasteiger partial charge in [-0.2, -0.15) is 8.42 Å². The van der Waals surface area contributed by atoms with Crippen LogP contribution in [0, 0.1) is 27.9 Å². The number of aliphatic imine (C=N–C) groups is 1. The van der Waals surface area contributed by atoms with Crippen molar-refractivity contribution >= 4 is 34.4 Å². The van der Waals surface area contributed by atoms with Crippen LogP contribution in [0.15, 0.2) is 44.5 Å². The van der Waals surface area contributed by atoms with Crippen LogP contribution in [-0.2, 0) is 24.0 Å². The maximum absolute atomic E-state index is 14.0. The fourth-order valence-electron chi connectivity index (χ4n) is 3.64. The van der Waals surface area contributed by atoms with E-state index in [1.807, 2.05) is 6.92 Å². The van der Waals surface area contributed by atoms with Crippen LogP contribution in [0.5, 0.6) is 0 Å². The van der Waals surface area contributed by atoms with Gasteiger partial charge in [0.25, 0.3) is 15.8 Å². The number of halogens is 3. The van der Waals surface area contributed by atoms with Gasteiger partial charge < -0.3 is 19.9 Å². The number of aliphatic hydroxyl groups is 2. The van der Waals surface area contributed by atoms with Crippen molar-refractivity contribution < 1.29 is 50.6 Å². The van der Waals surface area contributed by atoms with Gasteiger partial charge in [-0.25, -0.2) is 13.2 Å². The SMILES string of the molecule is CC[C@@H](O)[C@@H](C)[C@H](F)C=NOC.CC[C@@H](OS(=O)(=O)c1ccc([N+](=O)[O-])cc1)[C@@H](C)[C@H](F)C=NOC.CC[C@H](O)[C@@H](C)[C@H](F)C=NC. The molecule has 0 aliphatic heterocycles. The molecule has 0 radical (unpaired) electrons. The normalized spacial score (nSPS) is 17.7. The van der Waals surface area contributed by atoms with E-state index in [9.17, 15) is 41.9 Å². The minimum atomic E-state index is -4.18. The highest BCUT2D eigenvalue weighted by atomic mass is 32.2. The number of nitro groups is 1. The Balaban J connectivity index is 0. The first-order valence-corrected chi connectivity index (χ1v) is 16.4. The molecule has 0 amide bonds. The summed E-state index contributed by atoms with van der Waals surface area (Å²) in [7, 11) is -0.0367. The predicted octanol–water partition coefficient (Wildman–Crippen LogP) is 5.48. The van der Waals surface area contributed by atoms with E-state index in [0.29, 0.717) is 12.8 Å². The number of alkyl halides is 3. The fraction of sp³-hybridized carbons (Fsp3) is 0.700. The van der Waals surface area contributed by atoms with Crippen molar-refractivity contribution in [2.75, 3.05) is 21.3 Å². The lowest BCUT2D eigenvalue weighted by atomic mass is 9.98. The first-order chi connectivity index (χ1) is 22.0. The zero-order valence-electron chi connectivity index (χ0n) is 28.4. The van der Waals surface area contributed by atoms with Gasteiger partial charge in [-0.3, -0.25) is 19.3 Å². The van der Waals surface area contributed by atoms with Crippen LogP contribution in [0.3, 0.4) is 0 Å². The molecule has 1 aromatic rings. The van der Waals surface area contributed by atoms with Crippen LogP contribution < -0.4 is 0 Å². The Bertz CT molecular complexity index is 1180. The Labute approximate surface area is 276 Å². The monoisotopic (exact) mass is 700 g/mol. The second-order valence-corrected chi connectivity index (χ2v) is 12.0. The molecule has 0 aliphatic carbocycles. The lowest BCUT2D eigenvalue weighted by Crippen LogP contribution is -2.31. The molecule has 0 bridgehead atoms. The van der Waals surface area contributed by atoms with Crippen molar-refractivity contribution in [2.24, 2.45) is 33.1 Å². The molecule has 0 heterocycles. The van der Waals surface area contributed by atoms with Crippen LogP contribution in [0.1, 0.15) is 60.8 Å². The lowest BCUT2D eigenvalue weighted by Gasteiger charge is -2.23. The molecule has 1 rings (SSSR count). The quantitative estimate of drug-likeness (QED) is 0.0867. The minimum Gasteiger partial charge on any atom is -0.399 e. The molecule has 0 fully saturated rings. The number of aliphatic hydroxyl groups excluding tert-OH is 2. The number of nitro benzene ring substituents is 1. The summed E-state index contributed by atoms with van der Waals surface area (Å²) in [5.41, 5.74) is -0.242. The smallest absolute Gasteiger partial charge is 0.297 e. The van der Waals surface area contributed by atoms with E-state index in [1.165, 1.54) is 34.4 Å². The van der Waals surface area contributed by atoms with Gasteiger partial charge in [-0.1, -0.05) is 51.9 Å². The highest BCUT2D eigenvalue weighted by molar-refractivity contribution is 7.86. The molecule has 9 atom stereocenters. The number of benzene rings is 1.